The normalized spacial score (nSPS) is 19.4. The minimum Gasteiger partial charge on any atom is -0.372 e. The molecule has 1 atom stereocenters. The molecule has 0 radical (unpaired) electrons. The first kappa shape index (κ1) is 14.4. The Labute approximate surface area is 117 Å². The van der Waals surface area contributed by atoms with Crippen LogP contribution < -0.4 is 10.6 Å². The van der Waals surface area contributed by atoms with Crippen LogP contribution in [0.2, 0.25) is 0 Å². The zero-order chi connectivity index (χ0) is 13.8. The van der Waals surface area contributed by atoms with E-state index in [2.05, 4.69) is 55.1 Å². The summed E-state index contributed by atoms with van der Waals surface area (Å²) in [4.78, 5) is 4.85. The predicted octanol–water partition coefficient (Wildman–Crippen LogP) is 2.11. The van der Waals surface area contributed by atoms with E-state index in [0.717, 1.165) is 6.42 Å². The van der Waals surface area contributed by atoms with Crippen molar-refractivity contribution in [2.75, 3.05) is 32.1 Å². The molecular weight excluding hydrogens is 234 g/mol. The molecule has 0 saturated carbocycles. The van der Waals surface area contributed by atoms with Crippen molar-refractivity contribution in [3.05, 3.63) is 29.8 Å². The third-order valence-corrected chi connectivity index (χ3v) is 4.14. The van der Waals surface area contributed by atoms with Gasteiger partial charge in [0.2, 0.25) is 0 Å². The van der Waals surface area contributed by atoms with Gasteiger partial charge >= 0.3 is 0 Å². The van der Waals surface area contributed by atoms with Gasteiger partial charge in [0.05, 0.1) is 0 Å². The summed E-state index contributed by atoms with van der Waals surface area (Å²) in [6, 6.07) is 9.80. The van der Waals surface area contributed by atoms with Crippen LogP contribution in [-0.2, 0) is 6.42 Å². The number of rotatable bonds is 4. The summed E-state index contributed by atoms with van der Waals surface area (Å²) in [6.07, 6.45) is 3.47. The topological polar surface area (TPSA) is 32.5 Å². The van der Waals surface area contributed by atoms with E-state index >= 15 is 0 Å². The number of anilines is 1. The van der Waals surface area contributed by atoms with E-state index in [0.29, 0.717) is 6.04 Å². The first-order valence-electron chi connectivity index (χ1n) is 7.32. The molecule has 1 aliphatic heterocycles. The Kier molecular flexibility index (Phi) is 4.83. The first-order valence-corrected chi connectivity index (χ1v) is 7.32. The van der Waals surface area contributed by atoms with Crippen LogP contribution in [0, 0.1) is 0 Å². The molecular formula is C16H27N3. The summed E-state index contributed by atoms with van der Waals surface area (Å²) in [6.45, 7) is 4.47. The summed E-state index contributed by atoms with van der Waals surface area (Å²) in [7, 11) is 4.43. The van der Waals surface area contributed by atoms with Crippen LogP contribution in [0.5, 0.6) is 0 Å². The van der Waals surface area contributed by atoms with Gasteiger partial charge in [0, 0.05) is 24.8 Å². The van der Waals surface area contributed by atoms with Crippen molar-refractivity contribution < 1.29 is 0 Å². The summed E-state index contributed by atoms with van der Waals surface area (Å²) >= 11 is 0. The minimum absolute atomic E-state index is 0.234. The summed E-state index contributed by atoms with van der Waals surface area (Å²) in [5.74, 6) is 0. The van der Waals surface area contributed by atoms with E-state index in [1.165, 1.54) is 37.2 Å². The molecule has 1 aliphatic rings. The van der Waals surface area contributed by atoms with Gasteiger partial charge in [0.15, 0.2) is 0 Å². The molecule has 2 N–H and O–H groups in total. The number of hydrogen-bond donors (Lipinski definition) is 1. The molecule has 1 saturated heterocycles. The van der Waals surface area contributed by atoms with Gasteiger partial charge in [-0.25, -0.2) is 0 Å². The van der Waals surface area contributed by atoms with Crippen molar-refractivity contribution in [1.82, 2.24) is 4.90 Å². The maximum Gasteiger partial charge on any atom is 0.0366 e. The van der Waals surface area contributed by atoms with Crippen molar-refractivity contribution in [2.45, 2.75) is 38.3 Å². The lowest BCUT2D eigenvalue weighted by Gasteiger charge is -2.36. The standard InChI is InChI=1S/C16H27N3/c1-13(17)12-14-4-6-15(7-5-14)19(3)16-8-10-18(2)11-9-16/h4-7,13,16H,8-12,17H2,1-3H3. The van der Waals surface area contributed by atoms with E-state index in [1.807, 2.05) is 0 Å². The lowest BCUT2D eigenvalue weighted by atomic mass is 10.0. The fourth-order valence-electron chi connectivity index (χ4n) is 2.83. The molecule has 19 heavy (non-hydrogen) atoms. The number of benzene rings is 1. The molecule has 3 heteroatoms. The molecule has 1 heterocycles. The van der Waals surface area contributed by atoms with Crippen molar-refractivity contribution in [2.24, 2.45) is 5.73 Å². The quantitative estimate of drug-likeness (QED) is 0.901. The van der Waals surface area contributed by atoms with Crippen LogP contribution in [0.4, 0.5) is 5.69 Å². The highest BCUT2D eigenvalue weighted by Gasteiger charge is 2.20. The molecule has 3 nitrogen and oxygen atoms in total. The minimum atomic E-state index is 0.234. The van der Waals surface area contributed by atoms with Gasteiger partial charge in [-0.15, -0.1) is 0 Å². The molecule has 0 spiro atoms. The maximum atomic E-state index is 5.84. The van der Waals surface area contributed by atoms with Gasteiger partial charge in [-0.3, -0.25) is 0 Å². The number of piperidine rings is 1. The fourth-order valence-corrected chi connectivity index (χ4v) is 2.83. The molecule has 106 valence electrons. The molecule has 0 amide bonds. The van der Waals surface area contributed by atoms with Crippen molar-refractivity contribution in [1.29, 1.82) is 0 Å². The second-order valence-corrected chi connectivity index (χ2v) is 5.99. The van der Waals surface area contributed by atoms with Crippen LogP contribution in [0.1, 0.15) is 25.3 Å². The number of likely N-dealkylation sites (tertiary alicyclic amines) is 1. The Bertz CT molecular complexity index is 377. The van der Waals surface area contributed by atoms with E-state index < -0.39 is 0 Å². The van der Waals surface area contributed by atoms with Crippen LogP contribution in [-0.4, -0.2) is 44.2 Å². The van der Waals surface area contributed by atoms with Crippen LogP contribution >= 0.6 is 0 Å². The molecule has 2 rings (SSSR count). The van der Waals surface area contributed by atoms with Crippen LogP contribution in [0.3, 0.4) is 0 Å². The van der Waals surface area contributed by atoms with Crippen LogP contribution in [0.15, 0.2) is 24.3 Å². The average Bonchev–Trinajstić information content (AvgIpc) is 2.39. The number of hydrogen-bond acceptors (Lipinski definition) is 3. The highest BCUT2D eigenvalue weighted by Crippen LogP contribution is 2.22. The Morgan fingerprint density at radius 1 is 1.26 bits per heavy atom. The monoisotopic (exact) mass is 261 g/mol. The molecule has 0 aromatic heterocycles. The Balaban J connectivity index is 1.97. The summed E-state index contributed by atoms with van der Waals surface area (Å²) in [5.41, 5.74) is 8.49. The van der Waals surface area contributed by atoms with Gasteiger partial charge < -0.3 is 15.5 Å². The molecule has 1 unspecified atom stereocenters. The molecule has 1 fully saturated rings. The fraction of sp³-hybridized carbons (Fsp3) is 0.625. The first-order chi connectivity index (χ1) is 9.06. The third kappa shape index (κ3) is 3.95. The smallest absolute Gasteiger partial charge is 0.0366 e. The van der Waals surface area contributed by atoms with Gasteiger partial charge in [-0.1, -0.05) is 12.1 Å². The highest BCUT2D eigenvalue weighted by molar-refractivity contribution is 5.48. The number of nitrogens with zero attached hydrogens (tertiary/aromatic N) is 2. The van der Waals surface area contributed by atoms with Gasteiger partial charge in [-0.2, -0.15) is 0 Å². The van der Waals surface area contributed by atoms with Gasteiger partial charge in [0.1, 0.15) is 0 Å². The zero-order valence-corrected chi connectivity index (χ0v) is 12.5. The molecule has 1 aromatic rings. The second-order valence-electron chi connectivity index (χ2n) is 5.99. The lowest BCUT2D eigenvalue weighted by Crippen LogP contribution is -2.41. The SMILES string of the molecule is CC(N)Cc1ccc(N(C)C2CCN(C)CC2)cc1. The molecule has 0 bridgehead atoms. The zero-order valence-electron chi connectivity index (χ0n) is 12.5. The van der Waals surface area contributed by atoms with Crippen molar-refractivity contribution in [3.8, 4) is 0 Å². The Morgan fingerprint density at radius 2 is 1.84 bits per heavy atom. The lowest BCUT2D eigenvalue weighted by molar-refractivity contribution is 0.253. The number of nitrogens with two attached hydrogens (primary N) is 1. The van der Waals surface area contributed by atoms with E-state index in [1.54, 1.807) is 0 Å². The Hall–Kier alpha value is -1.06. The second kappa shape index (κ2) is 6.40. The van der Waals surface area contributed by atoms with Crippen molar-refractivity contribution >= 4 is 5.69 Å². The van der Waals surface area contributed by atoms with Gasteiger partial charge in [-0.05, 0) is 64.0 Å². The van der Waals surface area contributed by atoms with Crippen LogP contribution in [0.25, 0.3) is 0 Å². The summed E-state index contributed by atoms with van der Waals surface area (Å²) in [5, 5.41) is 0. The van der Waals surface area contributed by atoms with E-state index in [4.69, 9.17) is 5.73 Å². The summed E-state index contributed by atoms with van der Waals surface area (Å²) < 4.78 is 0. The Morgan fingerprint density at radius 3 is 2.37 bits per heavy atom. The average molecular weight is 261 g/mol. The third-order valence-electron chi connectivity index (χ3n) is 4.14. The largest absolute Gasteiger partial charge is 0.372 e. The highest BCUT2D eigenvalue weighted by atomic mass is 15.2. The van der Waals surface area contributed by atoms with E-state index in [9.17, 15) is 0 Å². The molecule has 0 aliphatic carbocycles. The van der Waals surface area contributed by atoms with E-state index in [-0.39, 0.29) is 6.04 Å². The van der Waals surface area contributed by atoms with Crippen molar-refractivity contribution in [3.63, 3.8) is 0 Å². The predicted molar refractivity (Wildman–Crippen MR) is 82.7 cm³/mol. The maximum absolute atomic E-state index is 5.84. The van der Waals surface area contributed by atoms with Gasteiger partial charge in [0.25, 0.3) is 0 Å². The molecule has 1 aromatic carbocycles.